The topological polar surface area (TPSA) is 46.4 Å². The molecule has 2 heterocycles. The lowest BCUT2D eigenvalue weighted by Crippen LogP contribution is -2.18. The summed E-state index contributed by atoms with van der Waals surface area (Å²) in [6, 6.07) is 2.13. The Labute approximate surface area is 167 Å². The van der Waals surface area contributed by atoms with Crippen molar-refractivity contribution in [3.8, 4) is 0 Å². The summed E-state index contributed by atoms with van der Waals surface area (Å²) in [4.78, 5) is 16.5. The maximum Gasteiger partial charge on any atom is 0.417 e. The van der Waals surface area contributed by atoms with Crippen LogP contribution in [-0.2, 0) is 18.5 Å². The van der Waals surface area contributed by atoms with Crippen LogP contribution in [0.5, 0.6) is 0 Å². The predicted molar refractivity (Wildman–Crippen MR) is 89.3 cm³/mol. The molecule has 0 fully saturated rings. The highest BCUT2D eigenvalue weighted by Crippen LogP contribution is 2.37. The Morgan fingerprint density at radius 3 is 1.84 bits per heavy atom. The standard InChI is InChI=1S/C18H10F9N3O/c1-8-14(30-7-9(16(19,20)21)2-3-13(30)28-8)15(31)29-12-5-10(17(22,23)24)4-11(6-12)18(25,26)27/h2-7H,1H3,(H,29,31). The first-order valence-corrected chi connectivity index (χ1v) is 8.24. The van der Waals surface area contributed by atoms with Gasteiger partial charge in [0.1, 0.15) is 11.3 Å². The lowest BCUT2D eigenvalue weighted by molar-refractivity contribution is -0.143. The zero-order chi connectivity index (χ0) is 23.4. The Morgan fingerprint density at radius 2 is 1.35 bits per heavy atom. The number of hydrogen-bond acceptors (Lipinski definition) is 2. The van der Waals surface area contributed by atoms with Gasteiger partial charge in [-0.05, 0) is 37.3 Å². The van der Waals surface area contributed by atoms with E-state index >= 15 is 0 Å². The van der Waals surface area contributed by atoms with Crippen molar-refractivity contribution < 1.29 is 44.3 Å². The van der Waals surface area contributed by atoms with Gasteiger partial charge in [0, 0.05) is 11.9 Å². The van der Waals surface area contributed by atoms with Gasteiger partial charge in [0.25, 0.3) is 5.91 Å². The molecule has 13 heteroatoms. The molecule has 0 bridgehead atoms. The quantitative estimate of drug-likeness (QED) is 0.486. The van der Waals surface area contributed by atoms with Gasteiger partial charge in [-0.3, -0.25) is 9.20 Å². The summed E-state index contributed by atoms with van der Waals surface area (Å²) in [5, 5.41) is 1.88. The second kappa shape index (κ2) is 7.17. The first-order chi connectivity index (χ1) is 14.1. The molecule has 1 N–H and O–H groups in total. The monoisotopic (exact) mass is 455 g/mol. The number of benzene rings is 1. The Morgan fingerprint density at radius 1 is 0.839 bits per heavy atom. The molecule has 3 rings (SSSR count). The van der Waals surface area contributed by atoms with Crippen LogP contribution < -0.4 is 5.32 Å². The molecule has 0 aliphatic heterocycles. The molecular weight excluding hydrogens is 445 g/mol. The Hall–Kier alpha value is -3.25. The van der Waals surface area contributed by atoms with Crippen LogP contribution in [0, 0.1) is 6.92 Å². The van der Waals surface area contributed by atoms with Crippen molar-refractivity contribution >= 4 is 17.2 Å². The molecular formula is C18H10F9N3O. The van der Waals surface area contributed by atoms with Crippen LogP contribution in [-0.4, -0.2) is 15.3 Å². The van der Waals surface area contributed by atoms with Crippen LogP contribution in [0.2, 0.25) is 0 Å². The maximum absolute atomic E-state index is 13.0. The predicted octanol–water partition coefficient (Wildman–Crippen LogP) is 5.95. The van der Waals surface area contributed by atoms with E-state index in [4.69, 9.17) is 0 Å². The van der Waals surface area contributed by atoms with Crippen LogP contribution in [0.15, 0.2) is 36.5 Å². The number of imidazole rings is 1. The van der Waals surface area contributed by atoms with Gasteiger partial charge < -0.3 is 5.32 Å². The fourth-order valence-corrected chi connectivity index (χ4v) is 2.82. The molecule has 0 atom stereocenters. The Balaban J connectivity index is 2.07. The summed E-state index contributed by atoms with van der Waals surface area (Å²) in [5.41, 5.74) is -5.93. The lowest BCUT2D eigenvalue weighted by Gasteiger charge is -2.15. The van der Waals surface area contributed by atoms with E-state index in [1.165, 1.54) is 6.92 Å². The zero-order valence-corrected chi connectivity index (χ0v) is 15.2. The number of carbonyl (C=O) groups excluding carboxylic acids is 1. The summed E-state index contributed by atoms with van der Waals surface area (Å²) in [5.74, 6) is -1.24. The van der Waals surface area contributed by atoms with Crippen molar-refractivity contribution in [1.82, 2.24) is 9.38 Å². The smallest absolute Gasteiger partial charge is 0.321 e. The number of nitrogens with one attached hydrogen (secondary N) is 1. The third-order valence-corrected chi connectivity index (χ3v) is 4.18. The average Bonchev–Trinajstić information content (AvgIpc) is 2.94. The van der Waals surface area contributed by atoms with Crippen molar-refractivity contribution in [3.05, 3.63) is 64.6 Å². The fourth-order valence-electron chi connectivity index (χ4n) is 2.82. The fraction of sp³-hybridized carbons (Fsp3) is 0.222. The zero-order valence-electron chi connectivity index (χ0n) is 15.2. The normalized spacial score (nSPS) is 13.0. The SMILES string of the molecule is Cc1nc2ccc(C(F)(F)F)cn2c1C(=O)Nc1cc(C(F)(F)F)cc(C(F)(F)F)c1. The van der Waals surface area contributed by atoms with Crippen LogP contribution in [0.3, 0.4) is 0 Å². The number of halogens is 9. The summed E-state index contributed by atoms with van der Waals surface area (Å²) in [6.45, 7) is 1.25. The minimum atomic E-state index is -5.14. The minimum absolute atomic E-state index is 0.0735. The Bertz CT molecular complexity index is 1120. The molecule has 166 valence electrons. The summed E-state index contributed by atoms with van der Waals surface area (Å²) >= 11 is 0. The van der Waals surface area contributed by atoms with E-state index in [-0.39, 0.29) is 29.5 Å². The number of nitrogens with zero attached hydrogens (tertiary/aromatic N) is 2. The van der Waals surface area contributed by atoms with Crippen molar-refractivity contribution in [2.75, 3.05) is 5.32 Å². The number of carbonyl (C=O) groups is 1. The third kappa shape index (κ3) is 4.59. The Kier molecular flexibility index (Phi) is 5.19. The number of rotatable bonds is 2. The molecule has 0 spiro atoms. The molecule has 0 aliphatic carbocycles. The van der Waals surface area contributed by atoms with Gasteiger partial charge in [-0.2, -0.15) is 39.5 Å². The molecule has 0 saturated carbocycles. The highest BCUT2D eigenvalue weighted by molar-refractivity contribution is 6.04. The van der Waals surface area contributed by atoms with Gasteiger partial charge in [0.05, 0.1) is 22.4 Å². The van der Waals surface area contributed by atoms with Crippen LogP contribution >= 0.6 is 0 Å². The van der Waals surface area contributed by atoms with Gasteiger partial charge in [-0.15, -0.1) is 0 Å². The number of amides is 1. The number of anilines is 1. The van der Waals surface area contributed by atoms with Gasteiger partial charge in [0.2, 0.25) is 0 Å². The lowest BCUT2D eigenvalue weighted by atomic mass is 10.1. The van der Waals surface area contributed by atoms with E-state index in [2.05, 4.69) is 4.98 Å². The molecule has 1 aromatic carbocycles. The molecule has 4 nitrogen and oxygen atoms in total. The van der Waals surface area contributed by atoms with E-state index in [1.54, 1.807) is 0 Å². The number of alkyl halides is 9. The second-order valence-electron chi connectivity index (χ2n) is 6.44. The van der Waals surface area contributed by atoms with Gasteiger partial charge >= 0.3 is 18.5 Å². The minimum Gasteiger partial charge on any atom is -0.321 e. The summed E-state index contributed by atoms with van der Waals surface area (Å²) in [6.07, 6.45) is -14.5. The molecule has 1 amide bonds. The van der Waals surface area contributed by atoms with Crippen LogP contribution in [0.4, 0.5) is 45.2 Å². The number of hydrogen-bond donors (Lipinski definition) is 1. The van der Waals surface area contributed by atoms with Crippen molar-refractivity contribution in [3.63, 3.8) is 0 Å². The largest absolute Gasteiger partial charge is 0.417 e. The summed E-state index contributed by atoms with van der Waals surface area (Å²) < 4.78 is 118. The van der Waals surface area contributed by atoms with Crippen LogP contribution in [0.25, 0.3) is 5.65 Å². The van der Waals surface area contributed by atoms with Crippen molar-refractivity contribution in [1.29, 1.82) is 0 Å². The summed E-state index contributed by atoms with van der Waals surface area (Å²) in [7, 11) is 0. The van der Waals surface area contributed by atoms with E-state index in [9.17, 15) is 44.3 Å². The molecule has 2 aromatic heterocycles. The van der Waals surface area contributed by atoms with E-state index in [1.807, 2.05) is 5.32 Å². The molecule has 3 aromatic rings. The average molecular weight is 455 g/mol. The van der Waals surface area contributed by atoms with Crippen LogP contribution in [0.1, 0.15) is 32.9 Å². The van der Waals surface area contributed by atoms with Crippen molar-refractivity contribution in [2.45, 2.75) is 25.5 Å². The molecule has 31 heavy (non-hydrogen) atoms. The maximum atomic E-state index is 13.0. The van der Waals surface area contributed by atoms with E-state index in [0.29, 0.717) is 12.3 Å². The molecule has 0 radical (unpaired) electrons. The van der Waals surface area contributed by atoms with Gasteiger partial charge in [-0.25, -0.2) is 4.98 Å². The number of aromatic nitrogens is 2. The highest BCUT2D eigenvalue weighted by Gasteiger charge is 2.37. The van der Waals surface area contributed by atoms with Crippen molar-refractivity contribution in [2.24, 2.45) is 0 Å². The van der Waals surface area contributed by atoms with E-state index in [0.717, 1.165) is 10.5 Å². The number of pyridine rings is 1. The first kappa shape index (κ1) is 22.4. The number of aryl methyl sites for hydroxylation is 1. The van der Waals surface area contributed by atoms with Gasteiger partial charge in [0.15, 0.2) is 0 Å². The second-order valence-corrected chi connectivity index (χ2v) is 6.44. The highest BCUT2D eigenvalue weighted by atomic mass is 19.4. The molecule has 0 saturated heterocycles. The van der Waals surface area contributed by atoms with Gasteiger partial charge in [-0.1, -0.05) is 0 Å². The number of fused-ring (bicyclic) bond motifs is 1. The van der Waals surface area contributed by atoms with E-state index < -0.39 is 52.5 Å². The first-order valence-electron chi connectivity index (χ1n) is 8.24. The third-order valence-electron chi connectivity index (χ3n) is 4.18. The molecule has 0 unspecified atom stereocenters. The molecule has 0 aliphatic rings.